The number of aryl methyl sites for hydroxylation is 1. The van der Waals surface area contributed by atoms with Crippen molar-refractivity contribution in [2.24, 2.45) is 0 Å². The molecular formula is C20H20N4O3. The lowest BCUT2D eigenvalue weighted by molar-refractivity contribution is -0.122. The van der Waals surface area contributed by atoms with Gasteiger partial charge in [-0.2, -0.15) is 5.10 Å². The average Bonchev–Trinajstić information content (AvgIpc) is 3.12. The van der Waals surface area contributed by atoms with Crippen molar-refractivity contribution in [2.75, 3.05) is 19.0 Å². The molecule has 0 saturated heterocycles. The van der Waals surface area contributed by atoms with Gasteiger partial charge in [0.1, 0.15) is 5.75 Å². The lowest BCUT2D eigenvalue weighted by atomic mass is 10.2. The summed E-state index contributed by atoms with van der Waals surface area (Å²) in [6.07, 6.45) is 1.73. The molecule has 7 nitrogen and oxygen atoms in total. The number of likely N-dealkylation sites (N-methyl/N-ethyl adjacent to an activating group) is 1. The van der Waals surface area contributed by atoms with Crippen molar-refractivity contribution in [3.8, 4) is 11.4 Å². The lowest BCUT2D eigenvalue weighted by Gasteiger charge is -2.09. The first-order valence-corrected chi connectivity index (χ1v) is 8.42. The summed E-state index contributed by atoms with van der Waals surface area (Å²) in [5, 5.41) is 9.55. The van der Waals surface area contributed by atoms with Crippen molar-refractivity contribution >= 4 is 17.5 Å². The van der Waals surface area contributed by atoms with Gasteiger partial charge >= 0.3 is 0 Å². The summed E-state index contributed by atoms with van der Waals surface area (Å²) in [5.41, 5.74) is 3.01. The Labute approximate surface area is 157 Å². The molecule has 0 unspecified atom stereocenters. The lowest BCUT2D eigenvalue weighted by Crippen LogP contribution is -2.24. The Kier molecular flexibility index (Phi) is 5.51. The molecule has 3 rings (SSSR count). The average molecular weight is 364 g/mol. The van der Waals surface area contributed by atoms with Crippen LogP contribution in [0.1, 0.15) is 16.1 Å². The Morgan fingerprint density at radius 1 is 1.11 bits per heavy atom. The van der Waals surface area contributed by atoms with Crippen molar-refractivity contribution in [3.63, 3.8) is 0 Å². The number of carbonyl (C=O) groups is 2. The van der Waals surface area contributed by atoms with Gasteiger partial charge in [-0.05, 0) is 49.4 Å². The van der Waals surface area contributed by atoms with E-state index in [1.165, 1.54) is 0 Å². The summed E-state index contributed by atoms with van der Waals surface area (Å²) in [4.78, 5) is 23.7. The van der Waals surface area contributed by atoms with Crippen LogP contribution in [0.5, 0.6) is 5.75 Å². The maximum Gasteiger partial charge on any atom is 0.257 e. The molecule has 2 aromatic carbocycles. The van der Waals surface area contributed by atoms with E-state index in [9.17, 15) is 9.59 Å². The minimum Gasteiger partial charge on any atom is -0.484 e. The fraction of sp³-hybridized carbons (Fsp3) is 0.150. The molecule has 0 aliphatic heterocycles. The zero-order valence-corrected chi connectivity index (χ0v) is 15.1. The van der Waals surface area contributed by atoms with Crippen LogP contribution in [0.25, 0.3) is 5.69 Å². The first kappa shape index (κ1) is 18.2. The van der Waals surface area contributed by atoms with Gasteiger partial charge in [0.25, 0.3) is 11.8 Å². The van der Waals surface area contributed by atoms with Gasteiger partial charge in [-0.1, -0.05) is 6.07 Å². The summed E-state index contributed by atoms with van der Waals surface area (Å²) in [6, 6.07) is 16.0. The van der Waals surface area contributed by atoms with E-state index in [-0.39, 0.29) is 18.4 Å². The van der Waals surface area contributed by atoms with Gasteiger partial charge in [-0.3, -0.25) is 9.59 Å². The summed E-state index contributed by atoms with van der Waals surface area (Å²) in [7, 11) is 1.54. The predicted molar refractivity (Wildman–Crippen MR) is 102 cm³/mol. The SMILES string of the molecule is CNC(=O)COc1cccc(NC(=O)c2ccc(-n3nccc3C)cc2)c1. The molecule has 3 aromatic rings. The summed E-state index contributed by atoms with van der Waals surface area (Å²) >= 11 is 0. The smallest absolute Gasteiger partial charge is 0.257 e. The van der Waals surface area contributed by atoms with E-state index in [2.05, 4.69) is 15.7 Å². The molecule has 0 radical (unpaired) electrons. The zero-order valence-electron chi connectivity index (χ0n) is 15.1. The fourth-order valence-corrected chi connectivity index (χ4v) is 2.48. The monoisotopic (exact) mass is 364 g/mol. The summed E-state index contributed by atoms with van der Waals surface area (Å²) < 4.78 is 7.18. The minimum absolute atomic E-state index is 0.0811. The van der Waals surface area contributed by atoms with Gasteiger partial charge in [-0.25, -0.2) is 4.68 Å². The van der Waals surface area contributed by atoms with E-state index in [1.54, 1.807) is 54.3 Å². The maximum absolute atomic E-state index is 12.5. The molecule has 0 fully saturated rings. The number of rotatable bonds is 6. The first-order valence-electron chi connectivity index (χ1n) is 8.42. The van der Waals surface area contributed by atoms with Crippen LogP contribution in [0.4, 0.5) is 5.69 Å². The van der Waals surface area contributed by atoms with Gasteiger partial charge in [0.2, 0.25) is 0 Å². The maximum atomic E-state index is 12.5. The minimum atomic E-state index is -0.234. The van der Waals surface area contributed by atoms with E-state index in [0.29, 0.717) is 17.0 Å². The highest BCUT2D eigenvalue weighted by Crippen LogP contribution is 2.19. The van der Waals surface area contributed by atoms with Gasteiger partial charge in [0.05, 0.1) is 5.69 Å². The van der Waals surface area contributed by atoms with Crippen molar-refractivity contribution in [1.29, 1.82) is 0 Å². The molecule has 0 bridgehead atoms. The molecule has 0 aliphatic rings. The van der Waals surface area contributed by atoms with E-state index in [1.807, 2.05) is 25.1 Å². The predicted octanol–water partition coefficient (Wildman–Crippen LogP) is 2.56. The molecule has 0 spiro atoms. The number of benzene rings is 2. The summed E-state index contributed by atoms with van der Waals surface area (Å²) in [6.45, 7) is 1.88. The van der Waals surface area contributed by atoms with Crippen LogP contribution in [0.3, 0.4) is 0 Å². The Hall–Kier alpha value is -3.61. The molecule has 0 saturated carbocycles. The molecule has 138 valence electrons. The third-order valence-corrected chi connectivity index (χ3v) is 3.95. The number of carbonyl (C=O) groups excluding carboxylic acids is 2. The van der Waals surface area contributed by atoms with Crippen molar-refractivity contribution in [3.05, 3.63) is 72.1 Å². The standard InChI is InChI=1S/C20H20N4O3/c1-14-10-11-22-24(14)17-8-6-15(7-9-17)20(26)23-16-4-3-5-18(12-16)27-13-19(25)21-2/h3-12H,13H2,1-2H3,(H,21,25)(H,23,26). The van der Waals surface area contributed by atoms with E-state index < -0.39 is 0 Å². The second-order valence-corrected chi connectivity index (χ2v) is 5.88. The number of ether oxygens (including phenoxy) is 1. The Bertz CT molecular complexity index is 948. The van der Waals surface area contributed by atoms with Gasteiger partial charge < -0.3 is 15.4 Å². The molecule has 1 aromatic heterocycles. The van der Waals surface area contributed by atoms with E-state index >= 15 is 0 Å². The second kappa shape index (κ2) is 8.18. The third-order valence-electron chi connectivity index (χ3n) is 3.95. The van der Waals surface area contributed by atoms with Crippen LogP contribution in [-0.4, -0.2) is 35.2 Å². The van der Waals surface area contributed by atoms with Crippen LogP contribution in [0, 0.1) is 6.92 Å². The van der Waals surface area contributed by atoms with Crippen LogP contribution in [0.15, 0.2) is 60.8 Å². The first-order chi connectivity index (χ1) is 13.1. The number of hydrogen-bond donors (Lipinski definition) is 2. The molecule has 0 atom stereocenters. The van der Waals surface area contributed by atoms with Crippen molar-refractivity contribution < 1.29 is 14.3 Å². The molecule has 1 heterocycles. The van der Waals surface area contributed by atoms with Crippen molar-refractivity contribution in [1.82, 2.24) is 15.1 Å². The molecule has 7 heteroatoms. The Balaban J connectivity index is 1.66. The van der Waals surface area contributed by atoms with E-state index in [0.717, 1.165) is 11.4 Å². The highest BCUT2D eigenvalue weighted by molar-refractivity contribution is 6.04. The Morgan fingerprint density at radius 2 is 1.89 bits per heavy atom. The largest absolute Gasteiger partial charge is 0.484 e. The Morgan fingerprint density at radius 3 is 2.56 bits per heavy atom. The number of aromatic nitrogens is 2. The molecule has 2 amide bonds. The number of anilines is 1. The molecular weight excluding hydrogens is 344 g/mol. The highest BCUT2D eigenvalue weighted by Gasteiger charge is 2.08. The molecule has 2 N–H and O–H groups in total. The topological polar surface area (TPSA) is 85.3 Å². The number of nitrogens with one attached hydrogen (secondary N) is 2. The normalized spacial score (nSPS) is 10.3. The van der Waals surface area contributed by atoms with Gasteiger partial charge in [-0.15, -0.1) is 0 Å². The number of hydrogen-bond acceptors (Lipinski definition) is 4. The quantitative estimate of drug-likeness (QED) is 0.704. The highest BCUT2D eigenvalue weighted by atomic mass is 16.5. The summed E-state index contributed by atoms with van der Waals surface area (Å²) in [5.74, 6) is 0.0417. The van der Waals surface area contributed by atoms with Gasteiger partial charge in [0.15, 0.2) is 6.61 Å². The number of nitrogens with zero attached hydrogens (tertiary/aromatic N) is 2. The van der Waals surface area contributed by atoms with Crippen molar-refractivity contribution in [2.45, 2.75) is 6.92 Å². The molecule has 27 heavy (non-hydrogen) atoms. The second-order valence-electron chi connectivity index (χ2n) is 5.88. The fourth-order valence-electron chi connectivity index (χ4n) is 2.48. The third kappa shape index (κ3) is 4.52. The van der Waals surface area contributed by atoms with Crippen LogP contribution in [-0.2, 0) is 4.79 Å². The van der Waals surface area contributed by atoms with Crippen LogP contribution >= 0.6 is 0 Å². The molecule has 0 aliphatic carbocycles. The zero-order chi connectivity index (χ0) is 19.2. The number of amides is 2. The van der Waals surface area contributed by atoms with Crippen LogP contribution < -0.4 is 15.4 Å². The van der Waals surface area contributed by atoms with Crippen LogP contribution in [0.2, 0.25) is 0 Å². The van der Waals surface area contributed by atoms with E-state index in [4.69, 9.17) is 4.74 Å². The van der Waals surface area contributed by atoms with Gasteiger partial charge in [0, 0.05) is 36.3 Å².